The van der Waals surface area contributed by atoms with Gasteiger partial charge in [-0.1, -0.05) is 18.2 Å². The Morgan fingerprint density at radius 3 is 2.88 bits per heavy atom. The highest BCUT2D eigenvalue weighted by atomic mass is 16.5. The smallest absolute Gasteiger partial charge is 0.151 e. The highest BCUT2D eigenvalue weighted by Crippen LogP contribution is 2.20. The zero-order valence-corrected chi connectivity index (χ0v) is 14.7. The molecular weight excluding hydrogens is 316 g/mol. The van der Waals surface area contributed by atoms with Crippen LogP contribution in [0.4, 0.5) is 5.82 Å². The van der Waals surface area contributed by atoms with Gasteiger partial charge in [0.15, 0.2) is 5.82 Å². The summed E-state index contributed by atoms with van der Waals surface area (Å²) in [5, 5.41) is 18.5. The van der Waals surface area contributed by atoms with Gasteiger partial charge in [0.2, 0.25) is 0 Å². The van der Waals surface area contributed by atoms with E-state index in [1.807, 2.05) is 42.5 Å². The summed E-state index contributed by atoms with van der Waals surface area (Å²) in [4.78, 5) is 4.49. The van der Waals surface area contributed by atoms with E-state index in [1.165, 1.54) is 0 Å². The van der Waals surface area contributed by atoms with Crippen LogP contribution in [0, 0.1) is 0 Å². The van der Waals surface area contributed by atoms with Crippen molar-refractivity contribution < 1.29 is 9.84 Å². The fraction of sp³-hybridized carbons (Fsp3) is 0.474. The lowest BCUT2D eigenvalue weighted by molar-refractivity contribution is 0.0603. The van der Waals surface area contributed by atoms with Crippen molar-refractivity contribution in [3.05, 3.63) is 48.7 Å². The van der Waals surface area contributed by atoms with Crippen molar-refractivity contribution in [2.45, 2.75) is 25.0 Å². The second kappa shape index (κ2) is 8.78. The van der Waals surface area contributed by atoms with Crippen LogP contribution in [0.5, 0.6) is 5.75 Å². The second-order valence-corrected chi connectivity index (χ2v) is 6.54. The standard InChI is InChI=1S/C19H26N4O2/c1-22(14-17(24)15-25-18-8-3-2-4-9-18)16-7-6-12-23(13-16)19-10-5-11-20-21-19/h2-5,8-11,16-17,24H,6-7,12-15H2,1H3/t16-,17-/m0/s1. The van der Waals surface area contributed by atoms with Crippen molar-refractivity contribution in [3.63, 3.8) is 0 Å². The van der Waals surface area contributed by atoms with Crippen LogP contribution in [-0.2, 0) is 0 Å². The monoisotopic (exact) mass is 342 g/mol. The van der Waals surface area contributed by atoms with Gasteiger partial charge in [0, 0.05) is 31.9 Å². The van der Waals surface area contributed by atoms with Gasteiger partial charge in [0.1, 0.15) is 18.5 Å². The molecule has 2 aromatic rings. The highest BCUT2D eigenvalue weighted by Gasteiger charge is 2.25. The van der Waals surface area contributed by atoms with Crippen LogP contribution in [-0.4, -0.2) is 65.6 Å². The van der Waals surface area contributed by atoms with Gasteiger partial charge in [0.05, 0.1) is 0 Å². The Balaban J connectivity index is 1.47. The van der Waals surface area contributed by atoms with Crippen molar-refractivity contribution in [3.8, 4) is 5.75 Å². The van der Waals surface area contributed by atoms with Crippen LogP contribution < -0.4 is 9.64 Å². The molecule has 25 heavy (non-hydrogen) atoms. The quantitative estimate of drug-likeness (QED) is 0.828. The van der Waals surface area contributed by atoms with Gasteiger partial charge in [-0.15, -0.1) is 5.10 Å². The Hall–Kier alpha value is -2.18. The molecule has 0 aliphatic carbocycles. The number of hydrogen-bond donors (Lipinski definition) is 1. The first-order chi connectivity index (χ1) is 12.2. The number of para-hydroxylation sites is 1. The van der Waals surface area contributed by atoms with E-state index in [1.54, 1.807) is 6.20 Å². The van der Waals surface area contributed by atoms with Crippen molar-refractivity contribution in [2.75, 3.05) is 38.2 Å². The van der Waals surface area contributed by atoms with Crippen LogP contribution in [0.15, 0.2) is 48.7 Å². The highest BCUT2D eigenvalue weighted by molar-refractivity contribution is 5.37. The molecule has 6 nitrogen and oxygen atoms in total. The van der Waals surface area contributed by atoms with E-state index in [4.69, 9.17) is 4.74 Å². The number of aromatic nitrogens is 2. The van der Waals surface area contributed by atoms with Crippen LogP contribution in [0.1, 0.15) is 12.8 Å². The molecule has 0 radical (unpaired) electrons. The Bertz CT molecular complexity index is 626. The van der Waals surface area contributed by atoms with Gasteiger partial charge in [-0.3, -0.25) is 4.90 Å². The minimum Gasteiger partial charge on any atom is -0.491 e. The number of piperidine rings is 1. The fourth-order valence-corrected chi connectivity index (χ4v) is 3.23. The predicted octanol–water partition coefficient (Wildman–Crippen LogP) is 1.82. The van der Waals surface area contributed by atoms with E-state index in [9.17, 15) is 5.11 Å². The third-order valence-corrected chi connectivity index (χ3v) is 4.59. The lowest BCUT2D eigenvalue weighted by atomic mass is 10.0. The fourth-order valence-electron chi connectivity index (χ4n) is 3.23. The number of aliphatic hydroxyl groups is 1. The molecule has 2 atom stereocenters. The van der Waals surface area contributed by atoms with Crippen LogP contribution >= 0.6 is 0 Å². The molecule has 2 heterocycles. The van der Waals surface area contributed by atoms with Crippen LogP contribution in [0.2, 0.25) is 0 Å². The summed E-state index contributed by atoms with van der Waals surface area (Å²) in [5.41, 5.74) is 0. The van der Waals surface area contributed by atoms with Crippen molar-refractivity contribution in [2.24, 2.45) is 0 Å². The lowest BCUT2D eigenvalue weighted by Crippen LogP contribution is -2.49. The maximum absolute atomic E-state index is 10.3. The Morgan fingerprint density at radius 1 is 1.28 bits per heavy atom. The van der Waals surface area contributed by atoms with E-state index in [2.05, 4.69) is 27.0 Å². The minimum atomic E-state index is -0.517. The molecule has 0 unspecified atom stereocenters. The molecule has 0 spiro atoms. The van der Waals surface area contributed by atoms with Crippen molar-refractivity contribution in [1.29, 1.82) is 0 Å². The zero-order valence-electron chi connectivity index (χ0n) is 14.7. The summed E-state index contributed by atoms with van der Waals surface area (Å²) in [6.45, 7) is 2.80. The Kier molecular flexibility index (Phi) is 6.19. The van der Waals surface area contributed by atoms with Gasteiger partial charge in [-0.2, -0.15) is 5.10 Å². The van der Waals surface area contributed by atoms with Gasteiger partial charge < -0.3 is 14.7 Å². The number of benzene rings is 1. The van der Waals surface area contributed by atoms with E-state index in [0.29, 0.717) is 19.2 Å². The van der Waals surface area contributed by atoms with Crippen LogP contribution in [0.3, 0.4) is 0 Å². The first-order valence-corrected chi connectivity index (χ1v) is 8.81. The largest absolute Gasteiger partial charge is 0.491 e. The van der Waals surface area contributed by atoms with E-state index in [0.717, 1.165) is 37.5 Å². The Morgan fingerprint density at radius 2 is 2.12 bits per heavy atom. The third kappa shape index (κ3) is 5.14. The molecule has 3 rings (SSSR count). The first kappa shape index (κ1) is 17.6. The summed E-state index contributed by atoms with van der Waals surface area (Å²) < 4.78 is 5.64. The molecule has 134 valence electrons. The molecule has 1 aromatic heterocycles. The summed E-state index contributed by atoms with van der Waals surface area (Å²) in [6.07, 6.45) is 3.42. The molecule has 0 bridgehead atoms. The number of aliphatic hydroxyl groups excluding tert-OH is 1. The van der Waals surface area contributed by atoms with Gasteiger partial charge in [-0.05, 0) is 44.2 Å². The lowest BCUT2D eigenvalue weighted by Gasteiger charge is -2.38. The summed E-state index contributed by atoms with van der Waals surface area (Å²) in [6, 6.07) is 13.9. The number of anilines is 1. The summed E-state index contributed by atoms with van der Waals surface area (Å²) in [5.74, 6) is 1.71. The molecule has 0 saturated carbocycles. The van der Waals surface area contributed by atoms with Gasteiger partial charge >= 0.3 is 0 Å². The molecule has 1 fully saturated rings. The average molecular weight is 342 g/mol. The minimum absolute atomic E-state index is 0.301. The summed E-state index contributed by atoms with van der Waals surface area (Å²) >= 11 is 0. The maximum atomic E-state index is 10.3. The topological polar surface area (TPSA) is 61.7 Å². The zero-order chi connectivity index (χ0) is 17.5. The van der Waals surface area contributed by atoms with Crippen molar-refractivity contribution >= 4 is 5.82 Å². The van der Waals surface area contributed by atoms with Gasteiger partial charge in [-0.25, -0.2) is 0 Å². The van der Waals surface area contributed by atoms with E-state index >= 15 is 0 Å². The molecular formula is C19H26N4O2. The number of likely N-dealkylation sites (N-methyl/N-ethyl adjacent to an activating group) is 1. The number of hydrogen-bond acceptors (Lipinski definition) is 6. The molecule has 1 aromatic carbocycles. The SMILES string of the molecule is CN(C[C@H](O)COc1ccccc1)[C@H]1CCCN(c2cccnn2)C1. The molecule has 1 saturated heterocycles. The summed E-state index contributed by atoms with van der Waals surface area (Å²) in [7, 11) is 2.07. The average Bonchev–Trinajstić information content (AvgIpc) is 2.68. The first-order valence-electron chi connectivity index (χ1n) is 8.81. The van der Waals surface area contributed by atoms with E-state index in [-0.39, 0.29) is 0 Å². The van der Waals surface area contributed by atoms with Crippen molar-refractivity contribution in [1.82, 2.24) is 15.1 Å². The molecule has 1 N–H and O–H groups in total. The number of ether oxygens (including phenoxy) is 1. The van der Waals surface area contributed by atoms with Gasteiger partial charge in [0.25, 0.3) is 0 Å². The molecule has 6 heteroatoms. The second-order valence-electron chi connectivity index (χ2n) is 6.54. The number of nitrogens with zero attached hydrogens (tertiary/aromatic N) is 4. The molecule has 0 amide bonds. The molecule has 1 aliphatic rings. The molecule has 1 aliphatic heterocycles. The Labute approximate surface area is 149 Å². The number of rotatable bonds is 7. The normalized spacial score (nSPS) is 19.0. The van der Waals surface area contributed by atoms with Crippen LogP contribution in [0.25, 0.3) is 0 Å². The third-order valence-electron chi connectivity index (χ3n) is 4.59. The van der Waals surface area contributed by atoms with E-state index < -0.39 is 6.10 Å². The maximum Gasteiger partial charge on any atom is 0.151 e. The predicted molar refractivity (Wildman–Crippen MR) is 97.8 cm³/mol.